The summed E-state index contributed by atoms with van der Waals surface area (Å²) in [7, 11) is 0. The van der Waals surface area contributed by atoms with E-state index in [0.717, 1.165) is 6.42 Å². The van der Waals surface area contributed by atoms with Gasteiger partial charge in [-0.15, -0.1) is 0 Å². The molecule has 0 saturated carbocycles. The average Bonchev–Trinajstić information content (AvgIpc) is 2.13. The fourth-order valence-electron chi connectivity index (χ4n) is 1.22. The molecule has 0 unspecified atom stereocenters. The van der Waals surface area contributed by atoms with Crippen molar-refractivity contribution in [3.63, 3.8) is 0 Å². The molecule has 0 aliphatic heterocycles. The Labute approximate surface area is 104 Å². The summed E-state index contributed by atoms with van der Waals surface area (Å²) >= 11 is 3.25. The van der Waals surface area contributed by atoms with E-state index in [9.17, 15) is 0 Å². The maximum atomic E-state index is 8.90. The molecule has 1 aromatic heterocycles. The first-order valence-corrected chi connectivity index (χ1v) is 5.87. The van der Waals surface area contributed by atoms with E-state index in [-0.39, 0.29) is 12.0 Å². The SMILES string of the molecule is CC(C)(CCO)CNc1nc(N)cc(Br)n1. The summed E-state index contributed by atoms with van der Waals surface area (Å²) in [5, 5.41) is 12.0. The molecule has 0 radical (unpaired) electrons. The van der Waals surface area contributed by atoms with Crippen molar-refractivity contribution < 1.29 is 5.11 Å². The van der Waals surface area contributed by atoms with Gasteiger partial charge in [0.05, 0.1) is 0 Å². The number of nitrogen functional groups attached to an aromatic ring is 1. The van der Waals surface area contributed by atoms with Crippen LogP contribution < -0.4 is 11.1 Å². The minimum atomic E-state index is -0.00477. The second kappa shape index (κ2) is 5.45. The van der Waals surface area contributed by atoms with Gasteiger partial charge >= 0.3 is 0 Å². The molecule has 90 valence electrons. The monoisotopic (exact) mass is 288 g/mol. The van der Waals surface area contributed by atoms with Crippen molar-refractivity contribution in [3.8, 4) is 0 Å². The fraction of sp³-hybridized carbons (Fsp3) is 0.600. The minimum Gasteiger partial charge on any atom is -0.396 e. The van der Waals surface area contributed by atoms with Gasteiger partial charge in [-0.25, -0.2) is 4.98 Å². The quantitative estimate of drug-likeness (QED) is 0.718. The number of hydrogen-bond donors (Lipinski definition) is 3. The summed E-state index contributed by atoms with van der Waals surface area (Å²) < 4.78 is 0.655. The number of aliphatic hydroxyl groups excluding tert-OH is 1. The molecule has 0 aliphatic rings. The van der Waals surface area contributed by atoms with Crippen molar-refractivity contribution in [1.29, 1.82) is 0 Å². The van der Waals surface area contributed by atoms with Crippen LogP contribution in [0.4, 0.5) is 11.8 Å². The molecular formula is C10H17BrN4O. The zero-order chi connectivity index (χ0) is 12.2. The van der Waals surface area contributed by atoms with Crippen LogP contribution in [0.1, 0.15) is 20.3 Å². The predicted molar refractivity (Wildman–Crippen MR) is 68.1 cm³/mol. The molecule has 0 spiro atoms. The summed E-state index contributed by atoms with van der Waals surface area (Å²) in [5.74, 6) is 0.919. The second-order valence-corrected chi connectivity index (χ2v) is 5.24. The van der Waals surface area contributed by atoms with E-state index in [0.29, 0.717) is 22.9 Å². The van der Waals surface area contributed by atoms with Gasteiger partial charge in [-0.1, -0.05) is 13.8 Å². The summed E-state index contributed by atoms with van der Waals surface area (Å²) in [6.07, 6.45) is 0.726. The fourth-order valence-corrected chi connectivity index (χ4v) is 1.63. The van der Waals surface area contributed by atoms with Crippen molar-refractivity contribution in [2.75, 3.05) is 24.2 Å². The lowest BCUT2D eigenvalue weighted by Gasteiger charge is -2.23. The third kappa shape index (κ3) is 4.32. The molecule has 1 aromatic rings. The molecule has 0 atom stereocenters. The molecule has 0 fully saturated rings. The summed E-state index contributed by atoms with van der Waals surface area (Å²) in [6, 6.07) is 1.64. The van der Waals surface area contributed by atoms with Crippen LogP contribution >= 0.6 is 15.9 Å². The van der Waals surface area contributed by atoms with Crippen molar-refractivity contribution in [3.05, 3.63) is 10.7 Å². The Balaban J connectivity index is 2.60. The minimum absolute atomic E-state index is 0.00477. The van der Waals surface area contributed by atoms with Crippen molar-refractivity contribution in [1.82, 2.24) is 9.97 Å². The van der Waals surface area contributed by atoms with Gasteiger partial charge < -0.3 is 16.2 Å². The normalized spacial score (nSPS) is 11.5. The highest BCUT2D eigenvalue weighted by molar-refractivity contribution is 9.10. The Morgan fingerprint density at radius 3 is 2.75 bits per heavy atom. The molecule has 5 nitrogen and oxygen atoms in total. The van der Waals surface area contributed by atoms with Crippen LogP contribution in [0.25, 0.3) is 0 Å². The summed E-state index contributed by atoms with van der Waals surface area (Å²) in [5.41, 5.74) is 5.59. The molecule has 1 rings (SSSR count). The standard InChI is InChI=1S/C10H17BrN4O/c1-10(2,3-4-16)6-13-9-14-7(11)5-8(12)15-9/h5,16H,3-4,6H2,1-2H3,(H3,12,13,14,15). The number of anilines is 2. The van der Waals surface area contributed by atoms with Crippen LogP contribution in [0.15, 0.2) is 10.7 Å². The lowest BCUT2D eigenvalue weighted by Crippen LogP contribution is -2.25. The lowest BCUT2D eigenvalue weighted by atomic mass is 9.90. The van der Waals surface area contributed by atoms with Gasteiger partial charge in [0.1, 0.15) is 10.4 Å². The van der Waals surface area contributed by atoms with Crippen LogP contribution in [0.2, 0.25) is 0 Å². The maximum absolute atomic E-state index is 8.90. The molecule has 0 bridgehead atoms. The second-order valence-electron chi connectivity index (χ2n) is 4.43. The van der Waals surface area contributed by atoms with Crippen LogP contribution in [0, 0.1) is 5.41 Å². The van der Waals surface area contributed by atoms with E-state index in [4.69, 9.17) is 10.8 Å². The molecule has 0 aliphatic carbocycles. The van der Waals surface area contributed by atoms with Gasteiger partial charge in [0.15, 0.2) is 0 Å². The zero-order valence-electron chi connectivity index (χ0n) is 9.50. The van der Waals surface area contributed by atoms with Crippen LogP contribution in [-0.2, 0) is 0 Å². The van der Waals surface area contributed by atoms with E-state index in [1.807, 2.05) is 0 Å². The van der Waals surface area contributed by atoms with Gasteiger partial charge in [0, 0.05) is 19.2 Å². The maximum Gasteiger partial charge on any atom is 0.225 e. The first kappa shape index (κ1) is 13.2. The Morgan fingerprint density at radius 1 is 1.50 bits per heavy atom. The van der Waals surface area contributed by atoms with Gasteiger partial charge in [0.2, 0.25) is 5.95 Å². The number of nitrogens with zero attached hydrogens (tertiary/aromatic N) is 2. The first-order valence-electron chi connectivity index (χ1n) is 5.08. The van der Waals surface area contributed by atoms with E-state index < -0.39 is 0 Å². The molecule has 6 heteroatoms. The number of aromatic nitrogens is 2. The molecule has 0 aromatic carbocycles. The van der Waals surface area contributed by atoms with Crippen molar-refractivity contribution >= 4 is 27.7 Å². The Kier molecular flexibility index (Phi) is 4.49. The molecule has 0 saturated heterocycles. The summed E-state index contributed by atoms with van der Waals surface area (Å²) in [4.78, 5) is 8.21. The zero-order valence-corrected chi connectivity index (χ0v) is 11.1. The van der Waals surface area contributed by atoms with Gasteiger partial charge in [0.25, 0.3) is 0 Å². The molecule has 1 heterocycles. The molecule has 16 heavy (non-hydrogen) atoms. The largest absolute Gasteiger partial charge is 0.396 e. The predicted octanol–water partition coefficient (Wildman–Crippen LogP) is 1.64. The highest BCUT2D eigenvalue weighted by atomic mass is 79.9. The third-order valence-electron chi connectivity index (χ3n) is 2.23. The number of aliphatic hydroxyl groups is 1. The highest BCUT2D eigenvalue weighted by Gasteiger charge is 2.17. The number of nitrogens with one attached hydrogen (secondary N) is 1. The van der Waals surface area contributed by atoms with E-state index in [2.05, 4.69) is 45.1 Å². The molecule has 4 N–H and O–H groups in total. The highest BCUT2D eigenvalue weighted by Crippen LogP contribution is 2.20. The van der Waals surface area contributed by atoms with Crippen molar-refractivity contribution in [2.24, 2.45) is 5.41 Å². The average molecular weight is 289 g/mol. The summed E-state index contributed by atoms with van der Waals surface area (Å²) in [6.45, 7) is 4.99. The first-order chi connectivity index (χ1) is 7.43. The van der Waals surface area contributed by atoms with Crippen molar-refractivity contribution in [2.45, 2.75) is 20.3 Å². The van der Waals surface area contributed by atoms with Gasteiger partial charge in [-0.05, 0) is 27.8 Å². The number of hydrogen-bond acceptors (Lipinski definition) is 5. The topological polar surface area (TPSA) is 84.1 Å². The number of nitrogens with two attached hydrogens (primary N) is 1. The Bertz CT molecular complexity index is 336. The number of rotatable bonds is 5. The van der Waals surface area contributed by atoms with Crippen LogP contribution in [-0.4, -0.2) is 28.2 Å². The van der Waals surface area contributed by atoms with E-state index in [1.165, 1.54) is 0 Å². The molecule has 0 amide bonds. The Hall–Kier alpha value is -0.880. The van der Waals surface area contributed by atoms with Gasteiger partial charge in [-0.2, -0.15) is 4.98 Å². The number of halogens is 1. The van der Waals surface area contributed by atoms with Crippen LogP contribution in [0.5, 0.6) is 0 Å². The van der Waals surface area contributed by atoms with E-state index >= 15 is 0 Å². The Morgan fingerprint density at radius 2 is 2.19 bits per heavy atom. The van der Waals surface area contributed by atoms with E-state index in [1.54, 1.807) is 6.07 Å². The lowest BCUT2D eigenvalue weighted by molar-refractivity contribution is 0.220. The van der Waals surface area contributed by atoms with Crippen LogP contribution in [0.3, 0.4) is 0 Å². The third-order valence-corrected chi connectivity index (χ3v) is 2.63. The molecular weight excluding hydrogens is 272 g/mol. The van der Waals surface area contributed by atoms with Gasteiger partial charge in [-0.3, -0.25) is 0 Å². The smallest absolute Gasteiger partial charge is 0.225 e.